The Labute approximate surface area is 115 Å². The van der Waals surface area contributed by atoms with E-state index >= 15 is 0 Å². The topological polar surface area (TPSA) is 34.1 Å². The van der Waals surface area contributed by atoms with Crippen molar-refractivity contribution in [2.75, 3.05) is 0 Å². The molecule has 0 fully saturated rings. The molecule has 2 heteroatoms. The maximum Gasteiger partial charge on any atom is 0.160 e. The summed E-state index contributed by atoms with van der Waals surface area (Å²) in [7, 11) is 0. The molecule has 1 aliphatic carbocycles. The second-order valence-electron chi connectivity index (χ2n) is 6.78. The summed E-state index contributed by atoms with van der Waals surface area (Å²) in [5.74, 6) is -0.0347. The maximum absolute atomic E-state index is 11.6. The highest BCUT2D eigenvalue weighted by Gasteiger charge is 2.42. The fourth-order valence-corrected chi connectivity index (χ4v) is 2.98. The molecule has 2 nitrogen and oxygen atoms in total. The monoisotopic (exact) mass is 258 g/mol. The van der Waals surface area contributed by atoms with Gasteiger partial charge in [-0.25, -0.2) is 0 Å². The lowest BCUT2D eigenvalue weighted by molar-refractivity contribution is 0.100. The van der Waals surface area contributed by atoms with Crippen molar-refractivity contribution >= 4 is 12.1 Å². The van der Waals surface area contributed by atoms with Gasteiger partial charge in [-0.1, -0.05) is 27.7 Å². The van der Waals surface area contributed by atoms with Crippen LogP contribution in [0.2, 0.25) is 0 Å². The van der Waals surface area contributed by atoms with E-state index in [2.05, 4.69) is 27.7 Å². The third-order valence-corrected chi connectivity index (χ3v) is 5.17. The van der Waals surface area contributed by atoms with Crippen LogP contribution in [0.25, 0.3) is 0 Å². The number of hydrogen-bond donors (Lipinski definition) is 0. The Morgan fingerprint density at radius 2 is 1.84 bits per heavy atom. The van der Waals surface area contributed by atoms with Crippen molar-refractivity contribution < 1.29 is 9.59 Å². The first kappa shape index (κ1) is 14.0. The lowest BCUT2D eigenvalue weighted by Crippen LogP contribution is -2.41. The van der Waals surface area contributed by atoms with Gasteiger partial charge in [-0.3, -0.25) is 9.59 Å². The standard InChI is InChI=1S/C17H22O2/c1-11(19)14-8-12-6-7-16(2,3)17(4,5)15(12)9-13(14)10-18/h8-10H,6-7H2,1-5H3. The molecule has 0 saturated heterocycles. The number of aldehydes is 1. The van der Waals surface area contributed by atoms with Crippen molar-refractivity contribution in [1.82, 2.24) is 0 Å². The minimum Gasteiger partial charge on any atom is -0.298 e. The summed E-state index contributed by atoms with van der Waals surface area (Å²) >= 11 is 0. The number of carbonyl (C=O) groups excluding carboxylic acids is 2. The van der Waals surface area contributed by atoms with Crippen LogP contribution in [0.4, 0.5) is 0 Å². The number of Topliss-reactive ketones (excluding diaryl/α,β-unsaturated/α-hetero) is 1. The molecule has 1 aromatic rings. The highest BCUT2D eigenvalue weighted by Crippen LogP contribution is 2.49. The Bertz CT molecular complexity index is 551. The predicted octanol–water partition coefficient (Wildman–Crippen LogP) is 3.95. The van der Waals surface area contributed by atoms with Crippen molar-refractivity contribution in [2.24, 2.45) is 5.41 Å². The molecule has 0 N–H and O–H groups in total. The van der Waals surface area contributed by atoms with E-state index in [1.54, 1.807) is 0 Å². The minimum absolute atomic E-state index is 0.00760. The molecule has 0 saturated carbocycles. The van der Waals surface area contributed by atoms with Crippen LogP contribution in [-0.4, -0.2) is 12.1 Å². The van der Waals surface area contributed by atoms with E-state index in [9.17, 15) is 9.59 Å². The maximum atomic E-state index is 11.6. The first-order chi connectivity index (χ1) is 8.70. The highest BCUT2D eigenvalue weighted by atomic mass is 16.1. The van der Waals surface area contributed by atoms with E-state index in [1.807, 2.05) is 12.1 Å². The molecule has 0 heterocycles. The molecule has 0 bridgehead atoms. The van der Waals surface area contributed by atoms with Gasteiger partial charge in [-0.05, 0) is 53.9 Å². The number of ketones is 1. The molecule has 0 atom stereocenters. The Morgan fingerprint density at radius 1 is 1.21 bits per heavy atom. The Morgan fingerprint density at radius 3 is 2.37 bits per heavy atom. The van der Waals surface area contributed by atoms with E-state index in [-0.39, 0.29) is 16.6 Å². The predicted molar refractivity (Wildman–Crippen MR) is 77.0 cm³/mol. The quantitative estimate of drug-likeness (QED) is 0.594. The van der Waals surface area contributed by atoms with Gasteiger partial charge in [0.05, 0.1) is 0 Å². The van der Waals surface area contributed by atoms with Gasteiger partial charge in [0.1, 0.15) is 0 Å². The normalized spacial score (nSPS) is 19.6. The first-order valence-electron chi connectivity index (χ1n) is 6.84. The van der Waals surface area contributed by atoms with Gasteiger partial charge in [0.25, 0.3) is 0 Å². The Kier molecular flexibility index (Phi) is 3.16. The highest BCUT2D eigenvalue weighted by molar-refractivity contribution is 6.01. The smallest absolute Gasteiger partial charge is 0.160 e. The molecule has 0 aliphatic heterocycles. The van der Waals surface area contributed by atoms with Crippen LogP contribution >= 0.6 is 0 Å². The molecule has 2 rings (SSSR count). The van der Waals surface area contributed by atoms with Crippen LogP contribution in [0.15, 0.2) is 12.1 Å². The zero-order valence-corrected chi connectivity index (χ0v) is 12.5. The summed E-state index contributed by atoms with van der Waals surface area (Å²) < 4.78 is 0. The molecular formula is C17H22O2. The van der Waals surface area contributed by atoms with E-state index in [0.29, 0.717) is 11.1 Å². The molecule has 0 radical (unpaired) electrons. The lowest BCUT2D eigenvalue weighted by Gasteiger charge is -2.47. The van der Waals surface area contributed by atoms with Crippen molar-refractivity contribution in [3.8, 4) is 0 Å². The van der Waals surface area contributed by atoms with Gasteiger partial charge in [-0.2, -0.15) is 0 Å². The third kappa shape index (κ3) is 2.03. The SMILES string of the molecule is CC(=O)c1cc2c(cc1C=O)C(C)(C)C(C)(C)CC2. The lowest BCUT2D eigenvalue weighted by atomic mass is 9.57. The molecule has 0 amide bonds. The first-order valence-corrected chi connectivity index (χ1v) is 6.84. The molecule has 0 spiro atoms. The molecule has 19 heavy (non-hydrogen) atoms. The van der Waals surface area contributed by atoms with Gasteiger partial charge in [0, 0.05) is 11.1 Å². The molecule has 1 aliphatic rings. The average Bonchev–Trinajstić information content (AvgIpc) is 2.33. The molecular weight excluding hydrogens is 236 g/mol. The van der Waals surface area contributed by atoms with Crippen molar-refractivity contribution in [1.29, 1.82) is 0 Å². The second kappa shape index (κ2) is 4.29. The molecule has 1 aromatic carbocycles. The fourth-order valence-electron chi connectivity index (χ4n) is 2.98. The number of rotatable bonds is 2. The largest absolute Gasteiger partial charge is 0.298 e. The van der Waals surface area contributed by atoms with Gasteiger partial charge >= 0.3 is 0 Å². The number of benzene rings is 1. The summed E-state index contributed by atoms with van der Waals surface area (Å²) in [5.41, 5.74) is 3.73. The summed E-state index contributed by atoms with van der Waals surface area (Å²) in [6, 6.07) is 3.86. The molecule has 0 unspecified atom stereocenters. The van der Waals surface area contributed by atoms with Crippen LogP contribution in [0.3, 0.4) is 0 Å². The van der Waals surface area contributed by atoms with Crippen LogP contribution in [0.5, 0.6) is 0 Å². The molecule has 102 valence electrons. The Hall–Kier alpha value is -1.44. The third-order valence-electron chi connectivity index (χ3n) is 5.17. The number of aryl methyl sites for hydroxylation is 1. The van der Waals surface area contributed by atoms with E-state index in [4.69, 9.17) is 0 Å². The number of fused-ring (bicyclic) bond motifs is 1. The van der Waals surface area contributed by atoms with Crippen LogP contribution in [0, 0.1) is 5.41 Å². The van der Waals surface area contributed by atoms with E-state index in [0.717, 1.165) is 19.1 Å². The zero-order valence-electron chi connectivity index (χ0n) is 12.5. The van der Waals surface area contributed by atoms with E-state index < -0.39 is 0 Å². The Balaban J connectivity index is 2.69. The van der Waals surface area contributed by atoms with Gasteiger partial charge in [0.15, 0.2) is 12.1 Å². The van der Waals surface area contributed by atoms with Crippen molar-refractivity contribution in [3.63, 3.8) is 0 Å². The summed E-state index contributed by atoms with van der Waals surface area (Å²) in [6.45, 7) is 10.5. The average molecular weight is 258 g/mol. The summed E-state index contributed by atoms with van der Waals surface area (Å²) in [5, 5.41) is 0. The fraction of sp³-hybridized carbons (Fsp3) is 0.529. The van der Waals surface area contributed by atoms with Crippen molar-refractivity contribution in [2.45, 2.75) is 52.9 Å². The number of carbonyl (C=O) groups is 2. The van der Waals surface area contributed by atoms with Crippen LogP contribution in [-0.2, 0) is 11.8 Å². The van der Waals surface area contributed by atoms with Crippen LogP contribution in [0.1, 0.15) is 72.9 Å². The van der Waals surface area contributed by atoms with Gasteiger partial charge in [-0.15, -0.1) is 0 Å². The summed E-state index contributed by atoms with van der Waals surface area (Å²) in [6.07, 6.45) is 2.88. The molecule has 0 aromatic heterocycles. The zero-order chi connectivity index (χ0) is 14.4. The second-order valence-corrected chi connectivity index (χ2v) is 6.78. The minimum atomic E-state index is -0.0347. The van der Waals surface area contributed by atoms with Gasteiger partial charge < -0.3 is 0 Å². The van der Waals surface area contributed by atoms with Crippen LogP contribution < -0.4 is 0 Å². The van der Waals surface area contributed by atoms with Gasteiger partial charge in [0.2, 0.25) is 0 Å². The van der Waals surface area contributed by atoms with E-state index in [1.165, 1.54) is 18.1 Å². The van der Waals surface area contributed by atoms with Crippen molar-refractivity contribution in [3.05, 3.63) is 34.4 Å². The summed E-state index contributed by atoms with van der Waals surface area (Å²) in [4.78, 5) is 22.9. The number of hydrogen-bond acceptors (Lipinski definition) is 2.